The molecule has 0 saturated carbocycles. The normalized spacial score (nSPS) is 14.1. The highest BCUT2D eigenvalue weighted by Gasteiger charge is 2.30. The van der Waals surface area contributed by atoms with Crippen LogP contribution in [-0.2, 0) is 4.79 Å². The van der Waals surface area contributed by atoms with Crippen molar-refractivity contribution in [3.63, 3.8) is 0 Å². The van der Waals surface area contributed by atoms with Crippen LogP contribution in [0.15, 0.2) is 72.8 Å². The van der Waals surface area contributed by atoms with E-state index in [-0.39, 0.29) is 18.5 Å². The van der Waals surface area contributed by atoms with Crippen molar-refractivity contribution in [2.45, 2.75) is 0 Å². The quantitative estimate of drug-likeness (QED) is 0.783. The molecule has 0 unspecified atom stereocenters. The van der Waals surface area contributed by atoms with E-state index in [1.807, 2.05) is 72.8 Å². The number of hydrogen-bond acceptors (Lipinski definition) is 2. The predicted molar refractivity (Wildman–Crippen MR) is 103 cm³/mol. The summed E-state index contributed by atoms with van der Waals surface area (Å²) in [6, 6.07) is 23.1. The molecule has 0 bridgehead atoms. The van der Waals surface area contributed by atoms with E-state index < -0.39 is 0 Å². The molecular weight excluding hydrogens is 326 g/mol. The van der Waals surface area contributed by atoms with Crippen molar-refractivity contribution < 1.29 is 9.59 Å². The summed E-state index contributed by atoms with van der Waals surface area (Å²) in [4.78, 5) is 28.3. The molecule has 130 valence electrons. The second-order valence-corrected chi connectivity index (χ2v) is 6.27. The van der Waals surface area contributed by atoms with Gasteiger partial charge in [0.1, 0.15) is 6.54 Å². The zero-order chi connectivity index (χ0) is 17.9. The Kier molecular flexibility index (Phi) is 4.27. The molecule has 1 aliphatic heterocycles. The molecule has 5 heteroatoms. The van der Waals surface area contributed by atoms with Crippen molar-refractivity contribution in [2.75, 3.05) is 29.9 Å². The van der Waals surface area contributed by atoms with Crippen LogP contribution in [0.3, 0.4) is 0 Å². The molecule has 0 aromatic heterocycles. The number of amides is 3. The summed E-state index contributed by atoms with van der Waals surface area (Å²) in [7, 11) is 0. The molecule has 3 aromatic carbocycles. The van der Waals surface area contributed by atoms with Gasteiger partial charge >= 0.3 is 6.03 Å². The van der Waals surface area contributed by atoms with Crippen molar-refractivity contribution in [3.05, 3.63) is 72.8 Å². The Bertz CT molecular complexity index is 950. The molecule has 0 atom stereocenters. The molecule has 1 saturated heterocycles. The maximum atomic E-state index is 12.6. The minimum atomic E-state index is -0.190. The molecule has 3 aromatic rings. The van der Waals surface area contributed by atoms with E-state index >= 15 is 0 Å². The van der Waals surface area contributed by atoms with Crippen LogP contribution >= 0.6 is 0 Å². The van der Waals surface area contributed by atoms with Gasteiger partial charge in [-0.3, -0.25) is 9.69 Å². The third-order valence-electron chi connectivity index (χ3n) is 4.56. The van der Waals surface area contributed by atoms with Gasteiger partial charge in [-0.2, -0.15) is 0 Å². The molecule has 1 N–H and O–H groups in total. The van der Waals surface area contributed by atoms with Crippen LogP contribution in [-0.4, -0.2) is 36.5 Å². The fourth-order valence-electron chi connectivity index (χ4n) is 3.27. The van der Waals surface area contributed by atoms with Gasteiger partial charge in [0.25, 0.3) is 0 Å². The van der Waals surface area contributed by atoms with Gasteiger partial charge in [-0.05, 0) is 23.6 Å². The van der Waals surface area contributed by atoms with Crippen molar-refractivity contribution >= 4 is 34.1 Å². The number of rotatable bonds is 4. The van der Waals surface area contributed by atoms with E-state index in [4.69, 9.17) is 0 Å². The summed E-state index contributed by atoms with van der Waals surface area (Å²) >= 11 is 0. The number of carbonyl (C=O) groups is 2. The molecule has 3 amide bonds. The SMILES string of the molecule is O=C(CN1CCN(c2ccccc2)C1=O)Nc1cccc2ccccc12. The second kappa shape index (κ2) is 6.88. The largest absolute Gasteiger partial charge is 0.325 e. The number of hydrogen-bond donors (Lipinski definition) is 1. The lowest BCUT2D eigenvalue weighted by atomic mass is 10.1. The first-order chi connectivity index (χ1) is 12.7. The number of nitrogens with one attached hydrogen (secondary N) is 1. The van der Waals surface area contributed by atoms with Crippen molar-refractivity contribution in [3.8, 4) is 0 Å². The summed E-state index contributed by atoms with van der Waals surface area (Å²) in [5, 5.41) is 4.99. The average Bonchev–Trinajstić information content (AvgIpc) is 3.03. The minimum Gasteiger partial charge on any atom is -0.324 e. The first kappa shape index (κ1) is 16.1. The van der Waals surface area contributed by atoms with E-state index in [2.05, 4.69) is 5.32 Å². The number of anilines is 2. The van der Waals surface area contributed by atoms with Gasteiger partial charge in [0, 0.05) is 29.9 Å². The molecule has 5 nitrogen and oxygen atoms in total. The third-order valence-corrected chi connectivity index (χ3v) is 4.56. The van der Waals surface area contributed by atoms with Crippen molar-refractivity contribution in [1.82, 2.24) is 4.90 Å². The zero-order valence-electron chi connectivity index (χ0n) is 14.3. The summed E-state index contributed by atoms with van der Waals surface area (Å²) < 4.78 is 0. The second-order valence-electron chi connectivity index (χ2n) is 6.27. The van der Waals surface area contributed by atoms with Crippen LogP contribution in [0.2, 0.25) is 0 Å². The fourth-order valence-corrected chi connectivity index (χ4v) is 3.27. The molecule has 1 aliphatic rings. The standard InChI is InChI=1S/C21H19N3O2/c25-20(22-19-12-6-8-16-7-4-5-11-18(16)19)15-23-13-14-24(21(23)26)17-9-2-1-3-10-17/h1-12H,13-15H2,(H,22,25). The molecule has 26 heavy (non-hydrogen) atoms. The van der Waals surface area contributed by atoms with E-state index in [1.165, 1.54) is 0 Å². The summed E-state index contributed by atoms with van der Waals surface area (Å²) in [6.07, 6.45) is 0. The summed E-state index contributed by atoms with van der Waals surface area (Å²) in [5.41, 5.74) is 1.62. The number of nitrogens with zero attached hydrogens (tertiary/aromatic N) is 2. The lowest BCUT2D eigenvalue weighted by molar-refractivity contribution is -0.116. The first-order valence-electron chi connectivity index (χ1n) is 8.61. The van der Waals surface area contributed by atoms with Crippen LogP contribution in [0.5, 0.6) is 0 Å². The highest BCUT2D eigenvalue weighted by molar-refractivity contribution is 6.04. The number of fused-ring (bicyclic) bond motifs is 1. The van der Waals surface area contributed by atoms with Gasteiger partial charge in [-0.1, -0.05) is 54.6 Å². The molecule has 1 heterocycles. The maximum absolute atomic E-state index is 12.6. The van der Waals surface area contributed by atoms with Crippen molar-refractivity contribution in [2.24, 2.45) is 0 Å². The van der Waals surface area contributed by atoms with E-state index in [1.54, 1.807) is 9.80 Å². The number of urea groups is 1. The van der Waals surface area contributed by atoms with Gasteiger partial charge in [0.15, 0.2) is 0 Å². The van der Waals surface area contributed by atoms with Crippen LogP contribution in [0.1, 0.15) is 0 Å². The summed E-state index contributed by atoms with van der Waals surface area (Å²) in [5.74, 6) is -0.190. The monoisotopic (exact) mass is 345 g/mol. The molecule has 1 fully saturated rings. The van der Waals surface area contributed by atoms with E-state index in [9.17, 15) is 9.59 Å². The van der Waals surface area contributed by atoms with E-state index in [0.717, 1.165) is 22.1 Å². The smallest absolute Gasteiger partial charge is 0.324 e. The Morgan fingerprint density at radius 1 is 0.885 bits per heavy atom. The molecule has 0 aliphatic carbocycles. The van der Waals surface area contributed by atoms with Crippen LogP contribution in [0.4, 0.5) is 16.2 Å². The number of carbonyl (C=O) groups excluding carboxylic acids is 2. The van der Waals surface area contributed by atoms with Gasteiger partial charge in [0.2, 0.25) is 5.91 Å². The molecule has 4 rings (SSSR count). The van der Waals surface area contributed by atoms with Crippen LogP contribution in [0.25, 0.3) is 10.8 Å². The Balaban J connectivity index is 1.45. The van der Waals surface area contributed by atoms with Crippen molar-refractivity contribution in [1.29, 1.82) is 0 Å². The Hall–Kier alpha value is -3.34. The third kappa shape index (κ3) is 3.11. The Morgan fingerprint density at radius 3 is 2.46 bits per heavy atom. The van der Waals surface area contributed by atoms with Gasteiger partial charge in [-0.15, -0.1) is 0 Å². The average molecular weight is 345 g/mol. The maximum Gasteiger partial charge on any atom is 0.325 e. The summed E-state index contributed by atoms with van der Waals surface area (Å²) in [6.45, 7) is 1.17. The minimum absolute atomic E-state index is 0.0470. The van der Waals surface area contributed by atoms with Gasteiger partial charge in [0.05, 0.1) is 0 Å². The van der Waals surface area contributed by atoms with E-state index in [0.29, 0.717) is 13.1 Å². The lowest BCUT2D eigenvalue weighted by Gasteiger charge is -2.18. The molecular formula is C21H19N3O2. The fraction of sp³-hybridized carbons (Fsp3) is 0.143. The topological polar surface area (TPSA) is 52.7 Å². The molecule has 0 radical (unpaired) electrons. The molecule has 0 spiro atoms. The van der Waals surface area contributed by atoms with Crippen LogP contribution in [0, 0.1) is 0 Å². The Morgan fingerprint density at radius 2 is 1.62 bits per heavy atom. The Labute approximate surface area is 151 Å². The predicted octanol–water partition coefficient (Wildman–Crippen LogP) is 3.72. The van der Waals surface area contributed by atoms with Crippen LogP contribution < -0.4 is 10.2 Å². The highest BCUT2D eigenvalue weighted by Crippen LogP contribution is 2.23. The first-order valence-corrected chi connectivity index (χ1v) is 8.61. The lowest BCUT2D eigenvalue weighted by Crippen LogP contribution is -2.37. The van der Waals surface area contributed by atoms with Gasteiger partial charge in [-0.25, -0.2) is 4.79 Å². The number of para-hydroxylation sites is 1. The zero-order valence-corrected chi connectivity index (χ0v) is 14.3. The van der Waals surface area contributed by atoms with Gasteiger partial charge < -0.3 is 10.2 Å². The highest BCUT2D eigenvalue weighted by atomic mass is 16.2. The number of benzene rings is 3.